The van der Waals surface area contributed by atoms with Gasteiger partial charge in [0.2, 0.25) is 0 Å². The van der Waals surface area contributed by atoms with Gasteiger partial charge in [-0.05, 0) is 47.5 Å². The fraction of sp³-hybridized carbons (Fsp3) is 0.429. The van der Waals surface area contributed by atoms with Gasteiger partial charge in [-0.3, -0.25) is 4.79 Å². The molecule has 0 aliphatic rings. The predicted octanol–water partition coefficient (Wildman–Crippen LogP) is 3.56. The number of rotatable bonds is 5. The van der Waals surface area contributed by atoms with Crippen molar-refractivity contribution in [1.29, 1.82) is 0 Å². The molecular weight excluding hydrogens is 346 g/mol. The van der Waals surface area contributed by atoms with Crippen LogP contribution in [0.5, 0.6) is 0 Å². The molecule has 1 aromatic carbocycles. The van der Waals surface area contributed by atoms with Crippen LogP contribution in [0.25, 0.3) is 0 Å². The zero-order chi connectivity index (χ0) is 15.3. The number of methoxy groups -OCH3 is 1. The Morgan fingerprint density at radius 2 is 2.10 bits per heavy atom. The maximum atomic E-state index is 12.2. The van der Waals surface area contributed by atoms with Crippen molar-refractivity contribution in [3.63, 3.8) is 0 Å². The van der Waals surface area contributed by atoms with Gasteiger partial charge in [-0.2, -0.15) is 0 Å². The number of nitrogens with one attached hydrogen (secondary N) is 1. The Labute approximate surface area is 132 Å². The van der Waals surface area contributed by atoms with Gasteiger partial charge in [-0.1, -0.05) is 24.9 Å². The fourth-order valence-electron chi connectivity index (χ4n) is 1.90. The van der Waals surface area contributed by atoms with E-state index in [0.29, 0.717) is 21.5 Å². The Balaban J connectivity index is 2.96. The van der Waals surface area contributed by atoms with Crippen LogP contribution in [-0.4, -0.2) is 24.5 Å². The lowest BCUT2D eigenvalue weighted by molar-refractivity contribution is -0.147. The third-order valence-corrected chi connectivity index (χ3v) is 4.17. The Bertz CT molecular complexity index is 521. The van der Waals surface area contributed by atoms with E-state index >= 15 is 0 Å². The Hall–Kier alpha value is -1.07. The highest BCUT2D eigenvalue weighted by Gasteiger charge is 2.35. The summed E-state index contributed by atoms with van der Waals surface area (Å²) in [6, 6.07) is 4.84. The molecule has 0 saturated heterocycles. The molecule has 110 valence electrons. The molecule has 0 fully saturated rings. The normalized spacial score (nSPS) is 13.4. The van der Waals surface area contributed by atoms with E-state index in [9.17, 15) is 9.59 Å². The number of carbonyl (C=O) groups excluding carboxylic acids is 2. The summed E-state index contributed by atoms with van der Waals surface area (Å²) >= 11 is 9.15. The number of hydrogen-bond acceptors (Lipinski definition) is 3. The molecule has 1 aromatic rings. The standard InChI is InChI=1S/C14H17BrClNO3/c1-4-7-14(2,13(19)20-3)17-12(18)9-5-6-11(16)10(15)8-9/h5-6,8H,4,7H2,1-3H3,(H,17,18). The third kappa shape index (κ3) is 3.96. The van der Waals surface area contributed by atoms with Crippen LogP contribution in [0.2, 0.25) is 5.02 Å². The average Bonchev–Trinajstić information content (AvgIpc) is 2.40. The molecule has 6 heteroatoms. The van der Waals surface area contributed by atoms with Gasteiger partial charge in [0.25, 0.3) is 5.91 Å². The number of carbonyl (C=O) groups is 2. The SMILES string of the molecule is CCCC(C)(NC(=O)c1ccc(Cl)c(Br)c1)C(=O)OC. The summed E-state index contributed by atoms with van der Waals surface area (Å²) < 4.78 is 5.39. The second-order valence-corrected chi connectivity index (χ2v) is 5.92. The third-order valence-electron chi connectivity index (χ3n) is 2.96. The number of esters is 1. The Kier molecular flexibility index (Phi) is 6.02. The molecule has 0 aromatic heterocycles. The first-order valence-corrected chi connectivity index (χ1v) is 7.37. The molecule has 20 heavy (non-hydrogen) atoms. The average molecular weight is 363 g/mol. The first kappa shape index (κ1) is 17.0. The zero-order valence-corrected chi connectivity index (χ0v) is 14.0. The van der Waals surface area contributed by atoms with Gasteiger partial charge in [0.1, 0.15) is 5.54 Å². The van der Waals surface area contributed by atoms with Crippen LogP contribution >= 0.6 is 27.5 Å². The van der Waals surface area contributed by atoms with E-state index < -0.39 is 11.5 Å². The lowest BCUT2D eigenvalue weighted by atomic mass is 9.95. The zero-order valence-electron chi connectivity index (χ0n) is 11.6. The summed E-state index contributed by atoms with van der Waals surface area (Å²) in [4.78, 5) is 24.1. The summed E-state index contributed by atoms with van der Waals surface area (Å²) in [5.74, 6) is -0.801. The first-order valence-electron chi connectivity index (χ1n) is 6.20. The summed E-state index contributed by atoms with van der Waals surface area (Å²) in [6.07, 6.45) is 1.25. The van der Waals surface area contributed by atoms with E-state index in [1.165, 1.54) is 7.11 Å². The van der Waals surface area contributed by atoms with Gasteiger partial charge in [0.15, 0.2) is 0 Å². The van der Waals surface area contributed by atoms with Crippen LogP contribution in [-0.2, 0) is 9.53 Å². The Morgan fingerprint density at radius 1 is 1.45 bits per heavy atom. The number of ether oxygens (including phenoxy) is 1. The first-order chi connectivity index (χ1) is 9.34. The summed E-state index contributed by atoms with van der Waals surface area (Å²) in [5.41, 5.74) is -0.611. The van der Waals surface area contributed by atoms with Crippen molar-refractivity contribution >= 4 is 39.4 Å². The van der Waals surface area contributed by atoms with Gasteiger partial charge in [-0.15, -0.1) is 0 Å². The van der Waals surface area contributed by atoms with Crippen LogP contribution in [0.4, 0.5) is 0 Å². The summed E-state index contributed by atoms with van der Waals surface area (Å²) in [7, 11) is 1.31. The molecule has 1 N–H and O–H groups in total. The van der Waals surface area contributed by atoms with Gasteiger partial charge >= 0.3 is 5.97 Å². The molecule has 1 rings (SSSR count). The highest BCUT2D eigenvalue weighted by molar-refractivity contribution is 9.10. The lowest BCUT2D eigenvalue weighted by Crippen LogP contribution is -2.52. The maximum Gasteiger partial charge on any atom is 0.331 e. The fourth-order valence-corrected chi connectivity index (χ4v) is 2.40. The van der Waals surface area contributed by atoms with E-state index in [4.69, 9.17) is 16.3 Å². The minimum atomic E-state index is -1.04. The van der Waals surface area contributed by atoms with E-state index in [0.717, 1.165) is 6.42 Å². The van der Waals surface area contributed by atoms with Crippen LogP contribution in [0.1, 0.15) is 37.0 Å². The molecule has 0 heterocycles. The van der Waals surface area contributed by atoms with Crippen molar-refractivity contribution in [2.75, 3.05) is 7.11 Å². The minimum Gasteiger partial charge on any atom is -0.467 e. The summed E-state index contributed by atoms with van der Waals surface area (Å²) in [6.45, 7) is 3.59. The van der Waals surface area contributed by atoms with Crippen molar-refractivity contribution in [2.24, 2.45) is 0 Å². The molecule has 4 nitrogen and oxygen atoms in total. The van der Waals surface area contributed by atoms with E-state index in [1.807, 2.05) is 6.92 Å². The molecule has 0 aliphatic heterocycles. The quantitative estimate of drug-likeness (QED) is 0.815. The van der Waals surface area contributed by atoms with Crippen molar-refractivity contribution in [2.45, 2.75) is 32.2 Å². The number of halogens is 2. The topological polar surface area (TPSA) is 55.4 Å². The number of benzene rings is 1. The van der Waals surface area contributed by atoms with Crippen molar-refractivity contribution in [3.05, 3.63) is 33.3 Å². The Morgan fingerprint density at radius 3 is 2.60 bits per heavy atom. The minimum absolute atomic E-state index is 0.344. The lowest BCUT2D eigenvalue weighted by Gasteiger charge is -2.27. The van der Waals surface area contributed by atoms with Gasteiger partial charge in [0, 0.05) is 10.0 Å². The molecule has 1 atom stereocenters. The van der Waals surface area contributed by atoms with Crippen LogP contribution in [0.3, 0.4) is 0 Å². The number of amides is 1. The van der Waals surface area contributed by atoms with Crippen LogP contribution in [0.15, 0.2) is 22.7 Å². The van der Waals surface area contributed by atoms with Crippen LogP contribution in [0, 0.1) is 0 Å². The van der Waals surface area contributed by atoms with Gasteiger partial charge < -0.3 is 10.1 Å². The largest absolute Gasteiger partial charge is 0.467 e. The van der Waals surface area contributed by atoms with Crippen LogP contribution < -0.4 is 5.32 Å². The molecular formula is C14H17BrClNO3. The monoisotopic (exact) mass is 361 g/mol. The van der Waals surface area contributed by atoms with Gasteiger partial charge in [-0.25, -0.2) is 4.79 Å². The predicted molar refractivity (Wildman–Crippen MR) is 81.9 cm³/mol. The molecule has 0 radical (unpaired) electrons. The second-order valence-electron chi connectivity index (χ2n) is 4.66. The molecule has 1 unspecified atom stereocenters. The molecule has 0 saturated carbocycles. The highest BCUT2D eigenvalue weighted by atomic mass is 79.9. The van der Waals surface area contributed by atoms with Crippen molar-refractivity contribution < 1.29 is 14.3 Å². The molecule has 0 spiro atoms. The maximum absolute atomic E-state index is 12.2. The van der Waals surface area contributed by atoms with Crippen molar-refractivity contribution in [3.8, 4) is 0 Å². The van der Waals surface area contributed by atoms with E-state index in [1.54, 1.807) is 25.1 Å². The smallest absolute Gasteiger partial charge is 0.331 e. The van der Waals surface area contributed by atoms with Gasteiger partial charge in [0.05, 0.1) is 12.1 Å². The number of hydrogen-bond donors (Lipinski definition) is 1. The highest BCUT2D eigenvalue weighted by Crippen LogP contribution is 2.24. The second kappa shape index (κ2) is 7.09. The molecule has 0 bridgehead atoms. The molecule has 0 aliphatic carbocycles. The molecule has 1 amide bonds. The van der Waals surface area contributed by atoms with E-state index in [2.05, 4.69) is 21.2 Å². The van der Waals surface area contributed by atoms with Crippen molar-refractivity contribution in [1.82, 2.24) is 5.32 Å². The van der Waals surface area contributed by atoms with E-state index in [-0.39, 0.29) is 5.91 Å². The summed E-state index contributed by atoms with van der Waals surface area (Å²) in [5, 5.41) is 3.25.